The molecule has 0 aliphatic carbocycles. The van der Waals surface area contributed by atoms with Crippen LogP contribution in [0.25, 0.3) is 0 Å². The normalized spacial score (nSPS) is 13.3. The molecule has 0 saturated heterocycles. The molecule has 1 heterocycles. The minimum atomic E-state index is -4.32. The van der Waals surface area contributed by atoms with E-state index in [1.165, 1.54) is 18.4 Å². The number of nitrogens with one attached hydrogen (secondary N) is 1. The lowest BCUT2D eigenvalue weighted by Gasteiger charge is -2.14. The van der Waals surface area contributed by atoms with Crippen molar-refractivity contribution in [1.82, 2.24) is 5.32 Å². The molecule has 1 aromatic rings. The highest BCUT2D eigenvalue weighted by Gasteiger charge is 2.28. The Hall–Kier alpha value is -0.790. The van der Waals surface area contributed by atoms with Crippen LogP contribution in [0.4, 0.5) is 13.2 Å². The van der Waals surface area contributed by atoms with E-state index in [1.807, 2.05) is 0 Å². The van der Waals surface area contributed by atoms with E-state index in [0.717, 1.165) is 4.88 Å². The van der Waals surface area contributed by atoms with Gasteiger partial charge in [0.2, 0.25) is 5.91 Å². The number of rotatable bonds is 6. The van der Waals surface area contributed by atoms with Gasteiger partial charge in [-0.15, -0.1) is 11.3 Å². The monoisotopic (exact) mass is 315 g/mol. The van der Waals surface area contributed by atoms with Gasteiger partial charge in [-0.1, -0.05) is 11.6 Å². The van der Waals surface area contributed by atoms with Gasteiger partial charge in [-0.05, 0) is 12.1 Å². The molecule has 1 amide bonds. The molecule has 0 saturated carbocycles. The van der Waals surface area contributed by atoms with E-state index < -0.39 is 31.0 Å². The first-order valence-corrected chi connectivity index (χ1v) is 6.62. The Kier molecular flexibility index (Phi) is 6.09. The third kappa shape index (κ3) is 6.26. The zero-order valence-electron chi connectivity index (χ0n) is 10.1. The molecule has 108 valence electrons. The molecule has 1 unspecified atom stereocenters. The first-order chi connectivity index (χ1) is 8.81. The summed E-state index contributed by atoms with van der Waals surface area (Å²) in [6.45, 7) is 0.115. The van der Waals surface area contributed by atoms with Gasteiger partial charge in [-0.3, -0.25) is 4.79 Å². The van der Waals surface area contributed by atoms with Gasteiger partial charge >= 0.3 is 6.18 Å². The highest BCUT2D eigenvalue weighted by atomic mass is 35.5. The van der Waals surface area contributed by atoms with Crippen LogP contribution in [0.1, 0.15) is 23.8 Å². The van der Waals surface area contributed by atoms with Crippen molar-refractivity contribution in [3.8, 4) is 0 Å². The molecular formula is C11H13ClF3NO2S. The van der Waals surface area contributed by atoms with Gasteiger partial charge in [0.15, 0.2) is 0 Å². The second kappa shape index (κ2) is 7.12. The Morgan fingerprint density at radius 3 is 2.68 bits per heavy atom. The van der Waals surface area contributed by atoms with Crippen molar-refractivity contribution in [2.24, 2.45) is 0 Å². The van der Waals surface area contributed by atoms with Gasteiger partial charge in [0, 0.05) is 25.0 Å². The van der Waals surface area contributed by atoms with Crippen molar-refractivity contribution in [3.05, 3.63) is 21.3 Å². The predicted octanol–water partition coefficient (Wildman–Crippen LogP) is 3.55. The van der Waals surface area contributed by atoms with Crippen molar-refractivity contribution in [2.45, 2.75) is 25.1 Å². The number of halogens is 4. The minimum absolute atomic E-state index is 0.115. The Morgan fingerprint density at radius 2 is 2.21 bits per heavy atom. The molecule has 3 nitrogen and oxygen atoms in total. The molecule has 0 bridgehead atoms. The third-order valence-corrected chi connectivity index (χ3v) is 3.64. The smallest absolute Gasteiger partial charge is 0.374 e. The topological polar surface area (TPSA) is 38.3 Å². The van der Waals surface area contributed by atoms with Crippen molar-refractivity contribution < 1.29 is 22.7 Å². The summed E-state index contributed by atoms with van der Waals surface area (Å²) in [5.74, 6) is -0.651. The van der Waals surface area contributed by atoms with Crippen molar-refractivity contribution in [2.75, 3.05) is 13.7 Å². The lowest BCUT2D eigenvalue weighted by molar-refractivity contribution is -0.144. The lowest BCUT2D eigenvalue weighted by Crippen LogP contribution is -2.29. The van der Waals surface area contributed by atoms with Gasteiger partial charge in [0.25, 0.3) is 0 Å². The molecule has 0 radical (unpaired) electrons. The van der Waals surface area contributed by atoms with Crippen LogP contribution in [-0.4, -0.2) is 25.7 Å². The number of thiophene rings is 1. The Labute approximate surface area is 117 Å². The molecule has 1 rings (SSSR count). The van der Waals surface area contributed by atoms with E-state index in [4.69, 9.17) is 16.3 Å². The molecule has 1 N–H and O–H groups in total. The fourth-order valence-corrected chi connectivity index (χ4v) is 2.49. The van der Waals surface area contributed by atoms with Crippen LogP contribution in [0.3, 0.4) is 0 Å². The molecule has 0 aromatic carbocycles. The van der Waals surface area contributed by atoms with E-state index in [9.17, 15) is 18.0 Å². The van der Waals surface area contributed by atoms with E-state index in [2.05, 4.69) is 5.32 Å². The van der Waals surface area contributed by atoms with Gasteiger partial charge in [0.05, 0.1) is 10.8 Å². The SMILES string of the molecule is COC(CNC(=O)CCC(F)(F)F)c1ccc(Cl)s1. The molecular weight excluding hydrogens is 303 g/mol. The summed E-state index contributed by atoms with van der Waals surface area (Å²) in [7, 11) is 1.46. The fraction of sp³-hybridized carbons (Fsp3) is 0.545. The zero-order valence-corrected chi connectivity index (χ0v) is 11.7. The van der Waals surface area contributed by atoms with Crippen LogP contribution in [0.15, 0.2) is 12.1 Å². The maximum absolute atomic E-state index is 11.9. The first kappa shape index (κ1) is 16.3. The molecule has 8 heteroatoms. The number of hydrogen-bond acceptors (Lipinski definition) is 3. The second-order valence-corrected chi connectivity index (χ2v) is 5.53. The average molecular weight is 316 g/mol. The van der Waals surface area contributed by atoms with E-state index >= 15 is 0 Å². The molecule has 1 aromatic heterocycles. The summed E-state index contributed by atoms with van der Waals surface area (Å²) in [6, 6.07) is 3.45. The largest absolute Gasteiger partial charge is 0.389 e. The zero-order chi connectivity index (χ0) is 14.5. The maximum Gasteiger partial charge on any atom is 0.389 e. The van der Waals surface area contributed by atoms with Crippen molar-refractivity contribution in [3.63, 3.8) is 0 Å². The van der Waals surface area contributed by atoms with E-state index in [1.54, 1.807) is 12.1 Å². The van der Waals surface area contributed by atoms with Gasteiger partial charge in [0.1, 0.15) is 6.10 Å². The molecule has 0 aliphatic rings. The summed E-state index contributed by atoms with van der Waals surface area (Å²) in [5, 5.41) is 2.41. The van der Waals surface area contributed by atoms with Crippen molar-refractivity contribution >= 4 is 28.8 Å². The highest BCUT2D eigenvalue weighted by molar-refractivity contribution is 7.16. The Morgan fingerprint density at radius 1 is 1.53 bits per heavy atom. The number of methoxy groups -OCH3 is 1. The first-order valence-electron chi connectivity index (χ1n) is 5.43. The second-order valence-electron chi connectivity index (χ2n) is 3.79. The summed E-state index contributed by atoms with van der Waals surface area (Å²) in [5.41, 5.74) is 0. The quantitative estimate of drug-likeness (QED) is 0.872. The standard InChI is InChI=1S/C11H13ClF3NO2S/c1-18-7(8-2-3-9(12)19-8)6-16-10(17)4-5-11(13,14)15/h2-3,7H,4-6H2,1H3,(H,16,17). The number of carbonyl (C=O) groups is 1. The van der Waals surface area contributed by atoms with Gasteiger partial charge in [-0.2, -0.15) is 13.2 Å². The Bertz CT molecular complexity index is 422. The van der Waals surface area contributed by atoms with Crippen LogP contribution in [-0.2, 0) is 9.53 Å². The van der Waals surface area contributed by atoms with Crippen LogP contribution < -0.4 is 5.32 Å². The lowest BCUT2D eigenvalue weighted by atomic mass is 10.2. The predicted molar refractivity (Wildman–Crippen MR) is 67.4 cm³/mol. The summed E-state index contributed by atoms with van der Waals surface area (Å²) < 4.78 is 41.5. The summed E-state index contributed by atoms with van der Waals surface area (Å²) in [6.07, 6.45) is -6.43. The van der Waals surface area contributed by atoms with Gasteiger partial charge < -0.3 is 10.1 Å². The van der Waals surface area contributed by atoms with Gasteiger partial charge in [-0.25, -0.2) is 0 Å². The molecule has 0 aliphatic heterocycles. The van der Waals surface area contributed by atoms with E-state index in [0.29, 0.717) is 4.34 Å². The van der Waals surface area contributed by atoms with Crippen molar-refractivity contribution in [1.29, 1.82) is 0 Å². The maximum atomic E-state index is 11.9. The molecule has 0 fully saturated rings. The van der Waals surface area contributed by atoms with Crippen LogP contribution in [0, 0.1) is 0 Å². The number of carbonyl (C=O) groups excluding carboxylic acids is 1. The number of ether oxygens (including phenoxy) is 1. The average Bonchev–Trinajstić information content (AvgIpc) is 2.73. The number of hydrogen-bond donors (Lipinski definition) is 1. The Balaban J connectivity index is 2.39. The molecule has 19 heavy (non-hydrogen) atoms. The third-order valence-electron chi connectivity index (χ3n) is 2.32. The van der Waals surface area contributed by atoms with Crippen LogP contribution >= 0.6 is 22.9 Å². The fourth-order valence-electron chi connectivity index (χ4n) is 1.35. The number of alkyl halides is 3. The van der Waals surface area contributed by atoms with E-state index in [-0.39, 0.29) is 6.54 Å². The number of amides is 1. The minimum Gasteiger partial charge on any atom is -0.374 e. The highest BCUT2D eigenvalue weighted by Crippen LogP contribution is 2.28. The van der Waals surface area contributed by atoms with Crippen LogP contribution in [0.2, 0.25) is 4.34 Å². The summed E-state index contributed by atoms with van der Waals surface area (Å²) in [4.78, 5) is 12.1. The molecule has 1 atom stereocenters. The summed E-state index contributed by atoms with van der Waals surface area (Å²) >= 11 is 7.07. The molecule has 0 spiro atoms. The van der Waals surface area contributed by atoms with Crippen LogP contribution in [0.5, 0.6) is 0 Å².